The monoisotopic (exact) mass is 470 g/mol. The number of anilines is 1. The van der Waals surface area contributed by atoms with Crippen LogP contribution in [-0.4, -0.2) is 35.4 Å². The maximum Gasteiger partial charge on any atom is 0.270 e. The molecule has 1 amide bonds. The maximum atomic E-state index is 12.5. The highest BCUT2D eigenvalue weighted by Gasteiger charge is 2.18. The van der Waals surface area contributed by atoms with Crippen LogP contribution in [0, 0.1) is 22.0 Å². The summed E-state index contributed by atoms with van der Waals surface area (Å²) in [5.41, 5.74) is 5.21. The predicted octanol–water partition coefficient (Wildman–Crippen LogP) is 5.49. The van der Waals surface area contributed by atoms with Gasteiger partial charge in [0.1, 0.15) is 0 Å². The number of hydrogen-bond acceptors (Lipinski definition) is 6. The second kappa shape index (κ2) is 13.0. The van der Waals surface area contributed by atoms with E-state index in [9.17, 15) is 14.9 Å². The van der Waals surface area contributed by atoms with E-state index < -0.39 is 4.92 Å². The van der Waals surface area contributed by atoms with Crippen LogP contribution in [0.3, 0.4) is 0 Å². The zero-order chi connectivity index (χ0) is 24.4. The molecular weight excluding hydrogens is 436 g/mol. The third-order valence-electron chi connectivity index (χ3n) is 4.82. The topological polar surface area (TPSA) is 87.8 Å². The van der Waals surface area contributed by atoms with Gasteiger partial charge in [0.2, 0.25) is 0 Å². The van der Waals surface area contributed by atoms with Gasteiger partial charge in [0.05, 0.1) is 16.4 Å². The number of nitro benzene ring substituents is 1. The molecule has 7 nitrogen and oxygen atoms in total. The van der Waals surface area contributed by atoms with Crippen molar-refractivity contribution in [2.45, 2.75) is 45.6 Å². The Kier molecular flexibility index (Phi) is 10.4. The van der Waals surface area contributed by atoms with Crippen LogP contribution in [0.15, 0.2) is 53.6 Å². The molecule has 33 heavy (non-hydrogen) atoms. The third kappa shape index (κ3) is 8.88. The van der Waals surface area contributed by atoms with Gasteiger partial charge in [-0.25, -0.2) is 5.43 Å². The van der Waals surface area contributed by atoms with Crippen molar-refractivity contribution in [1.29, 1.82) is 0 Å². The van der Waals surface area contributed by atoms with Gasteiger partial charge in [-0.2, -0.15) is 5.10 Å². The van der Waals surface area contributed by atoms with E-state index in [0.29, 0.717) is 17.4 Å². The number of carbonyl (C=O) groups excluding carboxylic acids is 1. The van der Waals surface area contributed by atoms with Crippen LogP contribution >= 0.6 is 11.8 Å². The molecule has 0 saturated heterocycles. The summed E-state index contributed by atoms with van der Waals surface area (Å²) in [7, 11) is 0. The molecule has 2 aromatic carbocycles. The highest BCUT2D eigenvalue weighted by molar-refractivity contribution is 7.99. The van der Waals surface area contributed by atoms with Gasteiger partial charge in [0.25, 0.3) is 11.6 Å². The minimum atomic E-state index is -0.419. The van der Waals surface area contributed by atoms with Crippen molar-refractivity contribution in [3.63, 3.8) is 0 Å². The number of nitrogens with one attached hydrogen (secondary N) is 1. The van der Waals surface area contributed by atoms with Gasteiger partial charge in [0, 0.05) is 42.2 Å². The van der Waals surface area contributed by atoms with Crippen LogP contribution in [0.1, 0.15) is 45.7 Å². The molecule has 0 saturated carbocycles. The number of rotatable bonds is 12. The van der Waals surface area contributed by atoms with Gasteiger partial charge in [-0.05, 0) is 30.4 Å². The molecule has 0 heterocycles. The van der Waals surface area contributed by atoms with Gasteiger partial charge < -0.3 is 4.90 Å². The van der Waals surface area contributed by atoms with E-state index in [2.05, 4.69) is 43.1 Å². The normalized spacial score (nSPS) is 12.3. The number of thioether (sulfide) groups is 1. The first kappa shape index (κ1) is 26.4. The molecule has 1 unspecified atom stereocenters. The summed E-state index contributed by atoms with van der Waals surface area (Å²) in [6.45, 7) is 12.0. The molecular formula is C25H34N4O3S. The molecule has 178 valence electrons. The number of nitro groups is 1. The van der Waals surface area contributed by atoms with Crippen molar-refractivity contribution in [3.05, 3.63) is 69.8 Å². The van der Waals surface area contributed by atoms with Crippen molar-refractivity contribution in [1.82, 2.24) is 5.43 Å². The molecule has 1 atom stereocenters. The van der Waals surface area contributed by atoms with Crippen LogP contribution in [0.25, 0.3) is 0 Å². The molecule has 0 aliphatic carbocycles. The third-order valence-corrected chi connectivity index (χ3v) is 6.04. The van der Waals surface area contributed by atoms with Gasteiger partial charge in [-0.1, -0.05) is 58.0 Å². The van der Waals surface area contributed by atoms with Gasteiger partial charge >= 0.3 is 0 Å². The summed E-state index contributed by atoms with van der Waals surface area (Å²) in [5.74, 6) is 1.37. The Balaban J connectivity index is 2.14. The van der Waals surface area contributed by atoms with Crippen LogP contribution in [0.2, 0.25) is 0 Å². The average molecular weight is 471 g/mol. The molecule has 0 bridgehead atoms. The fourth-order valence-electron chi connectivity index (χ4n) is 3.33. The highest BCUT2D eigenvalue weighted by Crippen LogP contribution is 2.26. The van der Waals surface area contributed by atoms with Crippen LogP contribution in [0.5, 0.6) is 0 Å². The van der Waals surface area contributed by atoms with E-state index in [-0.39, 0.29) is 16.8 Å². The van der Waals surface area contributed by atoms with E-state index in [1.165, 1.54) is 30.1 Å². The zero-order valence-corrected chi connectivity index (χ0v) is 20.8. The molecule has 0 spiro atoms. The molecule has 1 N–H and O–H groups in total. The number of nitrogens with zero attached hydrogens (tertiary/aromatic N) is 3. The quantitative estimate of drug-likeness (QED) is 0.252. The van der Waals surface area contributed by atoms with E-state index in [1.807, 2.05) is 37.3 Å². The smallest absolute Gasteiger partial charge is 0.270 e. The Hall–Kier alpha value is -2.87. The summed E-state index contributed by atoms with van der Waals surface area (Å²) in [6.07, 6.45) is 1.50. The molecule has 0 aliphatic rings. The van der Waals surface area contributed by atoms with Crippen molar-refractivity contribution >= 4 is 35.3 Å². The second-order valence-electron chi connectivity index (χ2n) is 8.87. The SMILES string of the molecule is CC(C)CN(CC(C)C)c1ccc([N+](=O)[O-])cc1/C=N/NC(=O)C(C)SCc1ccccc1. The maximum absolute atomic E-state index is 12.5. The lowest BCUT2D eigenvalue weighted by molar-refractivity contribution is -0.384. The number of hydrogen-bond donors (Lipinski definition) is 1. The number of hydrazone groups is 1. The largest absolute Gasteiger partial charge is 0.370 e. The summed E-state index contributed by atoms with van der Waals surface area (Å²) in [6, 6.07) is 14.8. The van der Waals surface area contributed by atoms with Crippen molar-refractivity contribution < 1.29 is 9.72 Å². The van der Waals surface area contributed by atoms with Gasteiger partial charge in [0.15, 0.2) is 0 Å². The first-order valence-electron chi connectivity index (χ1n) is 11.2. The fourth-order valence-corrected chi connectivity index (χ4v) is 4.17. The molecule has 0 radical (unpaired) electrons. The molecule has 2 aromatic rings. The Morgan fingerprint density at radius 3 is 2.30 bits per heavy atom. The standard InChI is InChI=1S/C25H34N4O3S/c1-18(2)15-28(16-19(3)4)24-12-11-23(29(31)32)13-22(24)14-26-27-25(30)20(5)33-17-21-9-7-6-8-10-21/h6-14,18-20H,15-17H2,1-5H3,(H,27,30)/b26-14+. The number of carbonyl (C=O) groups is 1. The summed E-state index contributed by atoms with van der Waals surface area (Å²) < 4.78 is 0. The summed E-state index contributed by atoms with van der Waals surface area (Å²) in [4.78, 5) is 25.6. The summed E-state index contributed by atoms with van der Waals surface area (Å²) >= 11 is 1.53. The van der Waals surface area contributed by atoms with Gasteiger partial charge in [-0.15, -0.1) is 11.8 Å². The Morgan fingerprint density at radius 1 is 1.09 bits per heavy atom. The number of amides is 1. The molecule has 2 rings (SSSR count). The van der Waals surface area contributed by atoms with Crippen LogP contribution in [-0.2, 0) is 10.5 Å². The van der Waals surface area contributed by atoms with Crippen molar-refractivity contribution in [2.24, 2.45) is 16.9 Å². The van der Waals surface area contributed by atoms with Crippen molar-refractivity contribution in [3.8, 4) is 0 Å². The first-order valence-corrected chi connectivity index (χ1v) is 12.2. The minimum Gasteiger partial charge on any atom is -0.370 e. The fraction of sp³-hybridized carbons (Fsp3) is 0.440. The van der Waals surface area contributed by atoms with Crippen LogP contribution in [0.4, 0.5) is 11.4 Å². The Labute approximate surface area is 200 Å². The lowest BCUT2D eigenvalue weighted by atomic mass is 10.1. The Bertz CT molecular complexity index is 938. The van der Waals surface area contributed by atoms with E-state index in [1.54, 1.807) is 6.07 Å². The minimum absolute atomic E-state index is 0.00708. The first-order chi connectivity index (χ1) is 15.7. The van der Waals surface area contributed by atoms with E-state index >= 15 is 0 Å². The number of benzene rings is 2. The predicted molar refractivity (Wildman–Crippen MR) is 138 cm³/mol. The highest BCUT2D eigenvalue weighted by atomic mass is 32.2. The van der Waals surface area contributed by atoms with Crippen LogP contribution < -0.4 is 10.3 Å². The van der Waals surface area contributed by atoms with E-state index in [4.69, 9.17) is 0 Å². The van der Waals surface area contributed by atoms with E-state index in [0.717, 1.165) is 30.1 Å². The Morgan fingerprint density at radius 2 is 1.73 bits per heavy atom. The lowest BCUT2D eigenvalue weighted by Gasteiger charge is -2.29. The molecule has 0 fully saturated rings. The van der Waals surface area contributed by atoms with Gasteiger partial charge in [-0.3, -0.25) is 14.9 Å². The lowest BCUT2D eigenvalue weighted by Crippen LogP contribution is -2.32. The molecule has 0 aliphatic heterocycles. The molecule has 0 aromatic heterocycles. The average Bonchev–Trinajstić information content (AvgIpc) is 2.76. The number of non-ortho nitro benzene ring substituents is 1. The zero-order valence-electron chi connectivity index (χ0n) is 20.0. The molecule has 8 heteroatoms. The van der Waals surface area contributed by atoms with Crippen molar-refractivity contribution in [2.75, 3.05) is 18.0 Å². The second-order valence-corrected chi connectivity index (χ2v) is 10.2. The summed E-state index contributed by atoms with van der Waals surface area (Å²) in [5, 5.41) is 15.2.